The average molecular weight is 613 g/mol. The lowest BCUT2D eigenvalue weighted by molar-refractivity contribution is -0.137. The number of benzene rings is 3. The zero-order chi connectivity index (χ0) is 30.0. The zero-order valence-electron chi connectivity index (χ0n) is 21.0. The summed E-state index contributed by atoms with van der Waals surface area (Å²) >= 11 is 6.30. The number of carbonyl (C=O) groups is 2. The molecule has 0 aliphatic carbocycles. The molecule has 8 nitrogen and oxygen atoms in total. The number of halogens is 6. The number of rotatable bonds is 5. The number of fused-ring (bicyclic) bond motifs is 3. The number of hydrogen-bond donors (Lipinski definition) is 2. The van der Waals surface area contributed by atoms with Crippen molar-refractivity contribution in [3.05, 3.63) is 92.6 Å². The van der Waals surface area contributed by atoms with Crippen LogP contribution in [-0.2, 0) is 28.8 Å². The van der Waals surface area contributed by atoms with Crippen LogP contribution < -0.4 is 10.6 Å². The van der Waals surface area contributed by atoms with Crippen molar-refractivity contribution in [3.63, 3.8) is 0 Å². The molecular weight excluding hydrogens is 595 g/mol. The summed E-state index contributed by atoms with van der Waals surface area (Å²) in [6.45, 7) is 0. The van der Waals surface area contributed by atoms with Gasteiger partial charge in [0.1, 0.15) is 17.2 Å². The largest absolute Gasteiger partial charge is 0.416 e. The van der Waals surface area contributed by atoms with Crippen molar-refractivity contribution in [2.75, 3.05) is 11.6 Å². The van der Waals surface area contributed by atoms with Crippen LogP contribution in [0.3, 0.4) is 0 Å². The van der Waals surface area contributed by atoms with Gasteiger partial charge in [-0.1, -0.05) is 11.6 Å². The Balaban J connectivity index is 1.75. The number of hydrogen-bond acceptors (Lipinski definition) is 5. The second-order valence-corrected chi connectivity index (χ2v) is 12.0. The topological polar surface area (TPSA) is 110 Å². The summed E-state index contributed by atoms with van der Waals surface area (Å²) in [6, 6.07) is 4.87. The third-order valence-electron chi connectivity index (χ3n) is 6.49. The second-order valence-electron chi connectivity index (χ2n) is 9.50. The molecule has 0 bridgehead atoms. The molecule has 15 heteroatoms. The van der Waals surface area contributed by atoms with Gasteiger partial charge in [-0.15, -0.1) is 0 Å². The minimum absolute atomic E-state index is 0.0554. The van der Waals surface area contributed by atoms with E-state index in [4.69, 9.17) is 11.6 Å². The first-order valence-electron chi connectivity index (χ1n) is 11.7. The zero-order valence-corrected chi connectivity index (χ0v) is 22.6. The van der Waals surface area contributed by atoms with Gasteiger partial charge in [0, 0.05) is 46.1 Å². The fourth-order valence-electron chi connectivity index (χ4n) is 4.77. The summed E-state index contributed by atoms with van der Waals surface area (Å²) in [7, 11) is -2.16. The maximum Gasteiger partial charge on any atom is 0.416 e. The lowest BCUT2D eigenvalue weighted by Gasteiger charge is -2.18. The average Bonchev–Trinajstić information content (AvgIpc) is 3.35. The van der Waals surface area contributed by atoms with E-state index >= 15 is 0 Å². The van der Waals surface area contributed by atoms with Crippen molar-refractivity contribution in [2.45, 2.75) is 18.0 Å². The first kappa shape index (κ1) is 28.5. The van der Waals surface area contributed by atoms with Crippen molar-refractivity contribution in [3.8, 4) is 0 Å². The van der Waals surface area contributed by atoms with E-state index in [9.17, 15) is 40.0 Å². The molecule has 2 N–H and O–H groups in total. The highest BCUT2D eigenvalue weighted by atomic mass is 35.5. The number of nitrogens with one attached hydrogen (secondary N) is 2. The van der Waals surface area contributed by atoms with Gasteiger partial charge in [0.25, 0.3) is 11.8 Å². The highest BCUT2D eigenvalue weighted by Gasteiger charge is 2.38. The Kier molecular flexibility index (Phi) is 6.81. The summed E-state index contributed by atoms with van der Waals surface area (Å²) in [5, 5.41) is 9.59. The molecule has 1 aromatic heterocycles. The second kappa shape index (κ2) is 9.80. The lowest BCUT2D eigenvalue weighted by atomic mass is 9.94. The number of alkyl halides is 3. The Morgan fingerprint density at radius 1 is 1.12 bits per heavy atom. The van der Waals surface area contributed by atoms with Gasteiger partial charge < -0.3 is 10.6 Å². The van der Waals surface area contributed by atoms with E-state index in [2.05, 4.69) is 15.7 Å². The quantitative estimate of drug-likeness (QED) is 0.303. The number of nitrogens with zero attached hydrogens (tertiary/aromatic N) is 2. The molecule has 0 radical (unpaired) electrons. The summed E-state index contributed by atoms with van der Waals surface area (Å²) < 4.78 is 93.6. The SMILES string of the molecule is Cn1nc2c3c(c(NC(=O)c4cc(F)cc(C(F)(F)F)c4)cc2c1CS(C)(=O)=O)C(c1cc(F)ccc1Cl)NC3=O. The van der Waals surface area contributed by atoms with E-state index in [1.54, 1.807) is 0 Å². The Hall–Kier alpha value is -4.04. The maximum atomic E-state index is 14.2. The van der Waals surface area contributed by atoms with Crippen molar-refractivity contribution in [1.29, 1.82) is 0 Å². The van der Waals surface area contributed by atoms with Crippen molar-refractivity contribution in [1.82, 2.24) is 15.1 Å². The van der Waals surface area contributed by atoms with Gasteiger partial charge in [-0.05, 0) is 42.5 Å². The van der Waals surface area contributed by atoms with Crippen molar-refractivity contribution in [2.24, 2.45) is 7.05 Å². The Morgan fingerprint density at radius 2 is 1.83 bits per heavy atom. The molecule has 1 aliphatic heterocycles. The molecule has 214 valence electrons. The van der Waals surface area contributed by atoms with Crippen molar-refractivity contribution >= 4 is 49.8 Å². The maximum absolute atomic E-state index is 14.2. The van der Waals surface area contributed by atoms with Gasteiger partial charge in [0.15, 0.2) is 9.84 Å². The predicted molar refractivity (Wildman–Crippen MR) is 139 cm³/mol. The van der Waals surface area contributed by atoms with Crippen LogP contribution in [0.4, 0.5) is 27.6 Å². The third kappa shape index (κ3) is 5.36. The molecule has 5 rings (SSSR count). The molecule has 41 heavy (non-hydrogen) atoms. The standard InChI is InChI=1S/C26H18ClF5N4O4S/c1-36-19(10-41(2,39)40)16-9-18(33-24(37)11-5-12(26(30,31)32)7-14(29)6-11)20-21(23(16)35-36)25(38)34-22(20)15-8-13(28)3-4-17(15)27/h3-9,22H,10H2,1-2H3,(H,33,37)(H,34,38). The number of carbonyl (C=O) groups excluding carboxylic acids is 2. The first-order chi connectivity index (χ1) is 19.0. The van der Waals surface area contributed by atoms with E-state index in [1.165, 1.54) is 23.9 Å². The molecule has 4 aromatic rings. The lowest BCUT2D eigenvalue weighted by Crippen LogP contribution is -2.21. The Morgan fingerprint density at radius 3 is 2.49 bits per heavy atom. The molecule has 2 amide bonds. The van der Waals surface area contributed by atoms with E-state index in [0.29, 0.717) is 12.1 Å². The summed E-state index contributed by atoms with van der Waals surface area (Å²) in [5.74, 6) is -4.36. The van der Waals surface area contributed by atoms with Crippen molar-refractivity contribution < 1.29 is 40.0 Å². The van der Waals surface area contributed by atoms with Gasteiger partial charge in [0.2, 0.25) is 0 Å². The predicted octanol–water partition coefficient (Wildman–Crippen LogP) is 5.15. The Labute approximate surface area is 234 Å². The number of amides is 2. The van der Waals surface area contributed by atoms with Gasteiger partial charge in [-0.25, -0.2) is 17.2 Å². The molecule has 0 saturated carbocycles. The molecule has 1 unspecified atom stereocenters. The van der Waals surface area contributed by atoms with Crippen LogP contribution in [-0.4, -0.2) is 36.3 Å². The number of aromatic nitrogens is 2. The van der Waals surface area contributed by atoms with Crippen LogP contribution >= 0.6 is 11.6 Å². The van der Waals surface area contributed by atoms with E-state index in [1.807, 2.05) is 0 Å². The molecule has 0 saturated heterocycles. The summed E-state index contributed by atoms with van der Waals surface area (Å²) in [6.07, 6.45) is -3.96. The van der Waals surface area contributed by atoms with Crippen LogP contribution in [0.15, 0.2) is 42.5 Å². The Bertz CT molecular complexity index is 1890. The molecule has 0 spiro atoms. The van der Waals surface area contributed by atoms with Crippen LogP contribution in [0.5, 0.6) is 0 Å². The smallest absolute Gasteiger partial charge is 0.341 e. The fraction of sp³-hybridized carbons (Fsp3) is 0.192. The van der Waals surface area contributed by atoms with Crippen LogP contribution in [0.1, 0.15) is 49.1 Å². The van der Waals surface area contributed by atoms with Gasteiger partial charge in [-0.2, -0.15) is 18.3 Å². The highest BCUT2D eigenvalue weighted by Crippen LogP contribution is 2.43. The number of sulfone groups is 1. The monoisotopic (exact) mass is 612 g/mol. The van der Waals surface area contributed by atoms with Crippen LogP contribution in [0.2, 0.25) is 5.02 Å². The van der Waals surface area contributed by atoms with Gasteiger partial charge in [-0.3, -0.25) is 14.3 Å². The minimum Gasteiger partial charge on any atom is -0.341 e. The molecule has 1 aliphatic rings. The summed E-state index contributed by atoms with van der Waals surface area (Å²) in [5.41, 5.74) is -1.91. The van der Waals surface area contributed by atoms with E-state index in [0.717, 1.165) is 18.4 Å². The van der Waals surface area contributed by atoms with Crippen LogP contribution in [0.25, 0.3) is 10.9 Å². The van der Waals surface area contributed by atoms with E-state index < -0.39 is 62.4 Å². The minimum atomic E-state index is -4.94. The normalized spacial score (nSPS) is 15.2. The van der Waals surface area contributed by atoms with E-state index in [-0.39, 0.29) is 50.1 Å². The molecule has 2 heterocycles. The third-order valence-corrected chi connectivity index (χ3v) is 7.63. The van der Waals surface area contributed by atoms with Crippen LogP contribution in [0, 0.1) is 11.6 Å². The highest BCUT2D eigenvalue weighted by molar-refractivity contribution is 7.89. The number of anilines is 1. The first-order valence-corrected chi connectivity index (χ1v) is 14.1. The molecule has 3 aromatic carbocycles. The molecule has 1 atom stereocenters. The number of aryl methyl sites for hydroxylation is 1. The van der Waals surface area contributed by atoms with Gasteiger partial charge in [0.05, 0.1) is 28.6 Å². The summed E-state index contributed by atoms with van der Waals surface area (Å²) in [4.78, 5) is 26.5. The molecule has 0 fully saturated rings. The fourth-order valence-corrected chi connectivity index (χ4v) is 5.84. The molecular formula is C26H18ClF5N4O4S. The van der Waals surface area contributed by atoms with Gasteiger partial charge >= 0.3 is 6.18 Å².